The first kappa shape index (κ1) is 17.6. The number of nitrogens with zero attached hydrogens (tertiary/aromatic N) is 3. The van der Waals surface area contributed by atoms with E-state index in [0.29, 0.717) is 26.2 Å². The number of piperazine rings is 1. The van der Waals surface area contributed by atoms with Gasteiger partial charge in [0.1, 0.15) is 0 Å². The van der Waals surface area contributed by atoms with Gasteiger partial charge in [0.25, 0.3) is 5.91 Å². The second kappa shape index (κ2) is 7.80. The average Bonchev–Trinajstić information content (AvgIpc) is 3.21. The molecular weight excluding hydrogens is 334 g/mol. The number of carbonyl (C=O) groups is 2. The fourth-order valence-corrected chi connectivity index (χ4v) is 3.77. The molecule has 2 heterocycles. The van der Waals surface area contributed by atoms with Crippen LogP contribution in [0.25, 0.3) is 0 Å². The smallest absolute Gasteiger partial charge is 0.264 e. The van der Waals surface area contributed by atoms with Gasteiger partial charge in [-0.3, -0.25) is 14.5 Å². The highest BCUT2D eigenvalue weighted by Gasteiger charge is 2.29. The molecule has 0 bridgehead atoms. The number of benzene rings is 1. The van der Waals surface area contributed by atoms with E-state index in [1.165, 1.54) is 11.3 Å². The van der Waals surface area contributed by atoms with E-state index in [9.17, 15) is 9.59 Å². The van der Waals surface area contributed by atoms with Crippen LogP contribution in [0.15, 0.2) is 47.8 Å². The predicted octanol–water partition coefficient (Wildman–Crippen LogP) is 2.56. The fourth-order valence-electron chi connectivity index (χ4n) is 3.08. The van der Waals surface area contributed by atoms with E-state index < -0.39 is 0 Å². The first-order chi connectivity index (χ1) is 12.1. The Morgan fingerprint density at radius 3 is 2.32 bits per heavy atom. The van der Waals surface area contributed by atoms with Crippen LogP contribution in [0.1, 0.15) is 16.6 Å². The lowest BCUT2D eigenvalue weighted by atomic mass is 10.2. The Morgan fingerprint density at radius 1 is 1.04 bits per heavy atom. The second-order valence-corrected chi connectivity index (χ2v) is 7.16. The molecule has 132 valence electrons. The lowest BCUT2D eigenvalue weighted by Gasteiger charge is -2.38. The molecule has 1 saturated heterocycles. The first-order valence-corrected chi connectivity index (χ1v) is 9.35. The van der Waals surface area contributed by atoms with Crippen LogP contribution < -0.4 is 4.90 Å². The molecule has 2 aromatic rings. The van der Waals surface area contributed by atoms with Crippen LogP contribution in [0.3, 0.4) is 0 Å². The minimum absolute atomic E-state index is 0.0734. The minimum Gasteiger partial charge on any atom is -0.335 e. The molecule has 0 spiro atoms. The Bertz CT molecular complexity index is 710. The van der Waals surface area contributed by atoms with E-state index in [2.05, 4.69) is 4.90 Å². The number of hydrogen-bond donors (Lipinski definition) is 0. The molecule has 2 amide bonds. The average molecular weight is 357 g/mol. The standard InChI is InChI=1S/C19H23N3O2S/c1-15(18(23)20(2)16-7-4-3-5-8-16)21-10-12-22(13-11-21)19(24)17-9-6-14-25-17/h3-9,14-15H,10-13H2,1-2H3. The Morgan fingerprint density at radius 2 is 1.72 bits per heavy atom. The summed E-state index contributed by atoms with van der Waals surface area (Å²) in [6.45, 7) is 4.69. The lowest BCUT2D eigenvalue weighted by Crippen LogP contribution is -2.55. The molecule has 6 heteroatoms. The van der Waals surface area contributed by atoms with Gasteiger partial charge in [-0.25, -0.2) is 0 Å². The van der Waals surface area contributed by atoms with E-state index in [4.69, 9.17) is 0 Å². The number of hydrogen-bond acceptors (Lipinski definition) is 4. The van der Waals surface area contributed by atoms with Gasteiger partial charge < -0.3 is 9.80 Å². The molecule has 0 saturated carbocycles. The Kier molecular flexibility index (Phi) is 5.50. The molecule has 1 atom stereocenters. The van der Waals surface area contributed by atoms with Crippen LogP contribution in [0.4, 0.5) is 5.69 Å². The van der Waals surface area contributed by atoms with Crippen LogP contribution in [0, 0.1) is 0 Å². The summed E-state index contributed by atoms with van der Waals surface area (Å²) in [5.41, 5.74) is 0.894. The predicted molar refractivity (Wildman–Crippen MR) is 101 cm³/mol. The largest absolute Gasteiger partial charge is 0.335 e. The van der Waals surface area contributed by atoms with Gasteiger partial charge in [-0.15, -0.1) is 11.3 Å². The molecule has 1 aromatic heterocycles. The SMILES string of the molecule is CC(C(=O)N(C)c1ccccc1)N1CCN(C(=O)c2cccs2)CC1. The molecule has 1 fully saturated rings. The normalized spacial score (nSPS) is 16.5. The van der Waals surface area contributed by atoms with Crippen molar-refractivity contribution in [3.63, 3.8) is 0 Å². The van der Waals surface area contributed by atoms with Crippen LogP contribution in [-0.4, -0.2) is 60.9 Å². The summed E-state index contributed by atoms with van der Waals surface area (Å²) in [6, 6.07) is 13.2. The summed E-state index contributed by atoms with van der Waals surface area (Å²) < 4.78 is 0. The van der Waals surface area contributed by atoms with Gasteiger partial charge in [0.2, 0.25) is 5.91 Å². The molecule has 5 nitrogen and oxygen atoms in total. The van der Waals surface area contributed by atoms with Crippen molar-refractivity contribution in [2.75, 3.05) is 38.1 Å². The van der Waals surface area contributed by atoms with Gasteiger partial charge in [0, 0.05) is 38.9 Å². The minimum atomic E-state index is -0.204. The van der Waals surface area contributed by atoms with Gasteiger partial charge in [-0.2, -0.15) is 0 Å². The monoisotopic (exact) mass is 357 g/mol. The van der Waals surface area contributed by atoms with Gasteiger partial charge in [-0.05, 0) is 30.5 Å². The summed E-state index contributed by atoms with van der Waals surface area (Å²) in [5, 5.41) is 1.92. The third kappa shape index (κ3) is 3.91. The molecular formula is C19H23N3O2S. The maximum absolute atomic E-state index is 12.8. The van der Waals surface area contributed by atoms with Crippen molar-refractivity contribution in [1.29, 1.82) is 0 Å². The van der Waals surface area contributed by atoms with Crippen LogP contribution >= 0.6 is 11.3 Å². The molecule has 1 unspecified atom stereocenters. The number of para-hydroxylation sites is 1. The Labute approximate surface area is 152 Å². The van der Waals surface area contributed by atoms with Crippen molar-refractivity contribution in [3.8, 4) is 0 Å². The summed E-state index contributed by atoms with van der Waals surface area (Å²) in [6.07, 6.45) is 0. The number of rotatable bonds is 4. The van der Waals surface area contributed by atoms with E-state index >= 15 is 0 Å². The highest BCUT2D eigenvalue weighted by atomic mass is 32.1. The maximum Gasteiger partial charge on any atom is 0.264 e. The number of anilines is 1. The zero-order valence-corrected chi connectivity index (χ0v) is 15.4. The highest BCUT2D eigenvalue weighted by molar-refractivity contribution is 7.12. The highest BCUT2D eigenvalue weighted by Crippen LogP contribution is 2.17. The molecule has 0 radical (unpaired) electrons. The molecule has 3 rings (SSSR count). The Balaban J connectivity index is 1.57. The van der Waals surface area contributed by atoms with Crippen molar-refractivity contribution in [1.82, 2.24) is 9.80 Å². The lowest BCUT2D eigenvalue weighted by molar-refractivity contribution is -0.123. The topological polar surface area (TPSA) is 43.9 Å². The second-order valence-electron chi connectivity index (χ2n) is 6.21. The number of thiophene rings is 1. The van der Waals surface area contributed by atoms with Crippen molar-refractivity contribution < 1.29 is 9.59 Å². The molecule has 0 N–H and O–H groups in total. The zero-order valence-electron chi connectivity index (χ0n) is 14.6. The van der Waals surface area contributed by atoms with Gasteiger partial charge in [0.15, 0.2) is 0 Å². The van der Waals surface area contributed by atoms with E-state index in [1.54, 1.807) is 4.90 Å². The van der Waals surface area contributed by atoms with Crippen molar-refractivity contribution in [3.05, 3.63) is 52.7 Å². The van der Waals surface area contributed by atoms with Gasteiger partial charge >= 0.3 is 0 Å². The van der Waals surface area contributed by atoms with Crippen molar-refractivity contribution in [2.24, 2.45) is 0 Å². The third-order valence-electron chi connectivity index (χ3n) is 4.71. The fraction of sp³-hybridized carbons (Fsp3) is 0.368. The molecule has 25 heavy (non-hydrogen) atoms. The van der Waals surface area contributed by atoms with Crippen LogP contribution in [0.5, 0.6) is 0 Å². The van der Waals surface area contributed by atoms with Gasteiger partial charge in [0.05, 0.1) is 10.9 Å². The van der Waals surface area contributed by atoms with Gasteiger partial charge in [-0.1, -0.05) is 24.3 Å². The quantitative estimate of drug-likeness (QED) is 0.845. The first-order valence-electron chi connectivity index (χ1n) is 8.47. The van der Waals surface area contributed by atoms with Crippen LogP contribution in [0.2, 0.25) is 0 Å². The maximum atomic E-state index is 12.8. The van der Waals surface area contributed by atoms with E-state index in [-0.39, 0.29) is 17.9 Å². The number of carbonyl (C=O) groups excluding carboxylic acids is 2. The Hall–Kier alpha value is -2.18. The summed E-state index contributed by atoms with van der Waals surface area (Å²) in [7, 11) is 1.81. The molecule has 1 aromatic carbocycles. The molecule has 0 aliphatic carbocycles. The molecule has 1 aliphatic rings. The summed E-state index contributed by atoms with van der Waals surface area (Å²) >= 11 is 1.47. The number of amides is 2. The number of likely N-dealkylation sites (N-methyl/N-ethyl adjacent to an activating group) is 1. The van der Waals surface area contributed by atoms with E-state index in [0.717, 1.165) is 10.6 Å². The summed E-state index contributed by atoms with van der Waals surface area (Å²) in [4.78, 5) is 31.7. The summed E-state index contributed by atoms with van der Waals surface area (Å²) in [5.74, 6) is 0.166. The van der Waals surface area contributed by atoms with E-state index in [1.807, 2.05) is 66.7 Å². The zero-order chi connectivity index (χ0) is 17.8. The molecule has 1 aliphatic heterocycles. The van der Waals surface area contributed by atoms with Crippen LogP contribution in [-0.2, 0) is 4.79 Å². The van der Waals surface area contributed by atoms with Crippen molar-refractivity contribution in [2.45, 2.75) is 13.0 Å². The van der Waals surface area contributed by atoms with Crippen molar-refractivity contribution >= 4 is 28.8 Å². The third-order valence-corrected chi connectivity index (χ3v) is 5.57.